The number of anilines is 1. The standard InChI is InChI=1S/C31H28ClN3O4/c1-2-39-31(38)27-19-22-18-23(13-14-26(22)34-27)33-30(37)29-24(20-8-4-3-5-9-20)16-17-35(29)28(36)15-12-21-10-6-7-11-25(21)32/h3-15,18-19,24,29,34H,2,16-17H2,1H3,(H,33,37)/b15-12+/t24-,29+/m1/s1. The SMILES string of the molecule is CCOC(=O)c1cc2cc(NC(=O)[C@@H]3[C@@H](c4ccccc4)CCN3C(=O)/C=C/c3ccccc3Cl)ccc2[nH]1. The van der Waals surface area contributed by atoms with Crippen LogP contribution in [0, 0.1) is 0 Å². The van der Waals surface area contributed by atoms with Crippen LogP contribution < -0.4 is 5.32 Å². The molecule has 1 aliphatic heterocycles. The lowest BCUT2D eigenvalue weighted by Gasteiger charge is -2.27. The minimum atomic E-state index is -0.701. The number of rotatable bonds is 7. The summed E-state index contributed by atoms with van der Waals surface area (Å²) in [5.41, 5.74) is 3.40. The van der Waals surface area contributed by atoms with Gasteiger partial charge in [0.2, 0.25) is 11.8 Å². The molecule has 198 valence electrons. The van der Waals surface area contributed by atoms with E-state index in [0.29, 0.717) is 29.4 Å². The maximum atomic E-state index is 13.7. The van der Waals surface area contributed by atoms with Crippen LogP contribution in [0.15, 0.2) is 84.9 Å². The topological polar surface area (TPSA) is 91.5 Å². The van der Waals surface area contributed by atoms with Gasteiger partial charge in [-0.05, 0) is 60.9 Å². The predicted molar refractivity (Wildman–Crippen MR) is 153 cm³/mol. The maximum absolute atomic E-state index is 13.7. The van der Waals surface area contributed by atoms with Crippen molar-refractivity contribution in [2.24, 2.45) is 0 Å². The normalized spacial score (nSPS) is 17.0. The number of halogens is 1. The summed E-state index contributed by atoms with van der Waals surface area (Å²) < 4.78 is 5.07. The molecule has 8 heteroatoms. The molecule has 0 saturated carbocycles. The van der Waals surface area contributed by atoms with Gasteiger partial charge in [-0.25, -0.2) is 4.79 Å². The quantitative estimate of drug-likeness (QED) is 0.220. The molecule has 1 saturated heterocycles. The summed E-state index contributed by atoms with van der Waals surface area (Å²) in [6.45, 7) is 2.48. The molecule has 4 aromatic rings. The molecule has 5 rings (SSSR count). The summed E-state index contributed by atoms with van der Waals surface area (Å²) in [6.07, 6.45) is 3.81. The van der Waals surface area contributed by atoms with Gasteiger partial charge in [0.1, 0.15) is 11.7 Å². The first-order valence-electron chi connectivity index (χ1n) is 12.8. The Labute approximate surface area is 231 Å². The van der Waals surface area contributed by atoms with Crippen LogP contribution >= 0.6 is 11.6 Å². The number of fused-ring (bicyclic) bond motifs is 1. The Morgan fingerprint density at radius 1 is 1.05 bits per heavy atom. The molecule has 2 N–H and O–H groups in total. The number of likely N-dealkylation sites (tertiary alicyclic amines) is 1. The van der Waals surface area contributed by atoms with E-state index in [-0.39, 0.29) is 24.3 Å². The van der Waals surface area contributed by atoms with Crippen molar-refractivity contribution in [3.8, 4) is 0 Å². The van der Waals surface area contributed by atoms with Crippen molar-refractivity contribution in [2.45, 2.75) is 25.3 Å². The van der Waals surface area contributed by atoms with E-state index >= 15 is 0 Å². The first-order valence-corrected chi connectivity index (χ1v) is 13.2. The first-order chi connectivity index (χ1) is 18.9. The summed E-state index contributed by atoms with van der Waals surface area (Å²) in [7, 11) is 0. The summed E-state index contributed by atoms with van der Waals surface area (Å²) in [4.78, 5) is 43.9. The van der Waals surface area contributed by atoms with E-state index in [4.69, 9.17) is 16.3 Å². The number of ether oxygens (including phenoxy) is 1. The van der Waals surface area contributed by atoms with E-state index in [1.165, 1.54) is 6.08 Å². The molecule has 0 spiro atoms. The van der Waals surface area contributed by atoms with Crippen LogP contribution in [-0.4, -0.2) is 46.9 Å². The Hall–Kier alpha value is -4.36. The minimum Gasteiger partial charge on any atom is -0.461 e. The molecule has 39 heavy (non-hydrogen) atoms. The van der Waals surface area contributed by atoms with Crippen LogP contribution in [0.3, 0.4) is 0 Å². The molecular formula is C31H28ClN3O4. The van der Waals surface area contributed by atoms with Crippen molar-refractivity contribution < 1.29 is 19.1 Å². The van der Waals surface area contributed by atoms with Gasteiger partial charge in [-0.2, -0.15) is 0 Å². The molecule has 1 aliphatic rings. The molecule has 1 aromatic heterocycles. The van der Waals surface area contributed by atoms with Crippen molar-refractivity contribution in [2.75, 3.05) is 18.5 Å². The second kappa shape index (κ2) is 11.6. The Bertz CT molecular complexity index is 1550. The number of H-pyrrole nitrogens is 1. The number of benzene rings is 3. The van der Waals surface area contributed by atoms with Crippen LogP contribution in [-0.2, 0) is 14.3 Å². The lowest BCUT2D eigenvalue weighted by Crippen LogP contribution is -2.44. The molecular weight excluding hydrogens is 514 g/mol. The number of esters is 1. The third-order valence-electron chi connectivity index (χ3n) is 6.87. The number of hydrogen-bond acceptors (Lipinski definition) is 4. The summed E-state index contributed by atoms with van der Waals surface area (Å²) in [6, 6.07) is 23.4. The second-order valence-electron chi connectivity index (χ2n) is 9.33. The van der Waals surface area contributed by atoms with Gasteiger partial charge in [0.25, 0.3) is 0 Å². The Morgan fingerprint density at radius 2 is 1.82 bits per heavy atom. The zero-order chi connectivity index (χ0) is 27.4. The van der Waals surface area contributed by atoms with E-state index in [1.807, 2.05) is 48.5 Å². The predicted octanol–water partition coefficient (Wildman–Crippen LogP) is 6.03. The number of aromatic amines is 1. The van der Waals surface area contributed by atoms with Gasteiger partial charge < -0.3 is 19.9 Å². The molecule has 3 aromatic carbocycles. The lowest BCUT2D eigenvalue weighted by molar-refractivity contribution is -0.133. The highest BCUT2D eigenvalue weighted by Crippen LogP contribution is 2.35. The van der Waals surface area contributed by atoms with Gasteiger partial charge >= 0.3 is 5.97 Å². The van der Waals surface area contributed by atoms with E-state index in [0.717, 1.165) is 22.0 Å². The number of amides is 2. The molecule has 0 aliphatic carbocycles. The van der Waals surface area contributed by atoms with E-state index in [1.54, 1.807) is 48.2 Å². The molecule has 0 unspecified atom stereocenters. The molecule has 0 bridgehead atoms. The van der Waals surface area contributed by atoms with Gasteiger partial charge in [-0.3, -0.25) is 9.59 Å². The van der Waals surface area contributed by atoms with Gasteiger partial charge in [-0.1, -0.05) is 60.1 Å². The van der Waals surface area contributed by atoms with Crippen molar-refractivity contribution in [3.05, 3.63) is 107 Å². The van der Waals surface area contributed by atoms with Gasteiger partial charge in [-0.15, -0.1) is 0 Å². The minimum absolute atomic E-state index is 0.157. The fourth-order valence-corrected chi connectivity index (χ4v) is 5.22. The largest absolute Gasteiger partial charge is 0.461 e. The average molecular weight is 542 g/mol. The highest BCUT2D eigenvalue weighted by Gasteiger charge is 2.42. The van der Waals surface area contributed by atoms with Crippen LogP contribution in [0.1, 0.15) is 40.9 Å². The zero-order valence-electron chi connectivity index (χ0n) is 21.4. The average Bonchev–Trinajstić information content (AvgIpc) is 3.58. The molecule has 0 radical (unpaired) electrons. The van der Waals surface area contributed by atoms with E-state index in [2.05, 4.69) is 10.3 Å². The third kappa shape index (κ3) is 5.73. The van der Waals surface area contributed by atoms with Crippen molar-refractivity contribution >= 4 is 52.1 Å². The van der Waals surface area contributed by atoms with Crippen LogP contribution in [0.2, 0.25) is 5.02 Å². The number of carbonyl (C=O) groups is 3. The number of nitrogens with zero attached hydrogens (tertiary/aromatic N) is 1. The fraction of sp³-hybridized carbons (Fsp3) is 0.194. The molecule has 1 fully saturated rings. The molecule has 2 atom stereocenters. The third-order valence-corrected chi connectivity index (χ3v) is 7.22. The molecule has 7 nitrogen and oxygen atoms in total. The number of aromatic nitrogens is 1. The molecule has 2 heterocycles. The van der Waals surface area contributed by atoms with Gasteiger partial charge in [0, 0.05) is 40.2 Å². The van der Waals surface area contributed by atoms with Crippen LogP contribution in [0.5, 0.6) is 0 Å². The smallest absolute Gasteiger partial charge is 0.354 e. The number of carbonyl (C=O) groups excluding carboxylic acids is 3. The number of hydrogen-bond donors (Lipinski definition) is 2. The Morgan fingerprint density at radius 3 is 2.59 bits per heavy atom. The van der Waals surface area contributed by atoms with E-state index in [9.17, 15) is 14.4 Å². The highest BCUT2D eigenvalue weighted by atomic mass is 35.5. The van der Waals surface area contributed by atoms with Crippen molar-refractivity contribution in [3.63, 3.8) is 0 Å². The first kappa shape index (κ1) is 26.3. The highest BCUT2D eigenvalue weighted by molar-refractivity contribution is 6.32. The Balaban J connectivity index is 1.40. The van der Waals surface area contributed by atoms with E-state index < -0.39 is 12.0 Å². The van der Waals surface area contributed by atoms with Crippen molar-refractivity contribution in [1.29, 1.82) is 0 Å². The van der Waals surface area contributed by atoms with Gasteiger partial charge in [0.15, 0.2) is 0 Å². The van der Waals surface area contributed by atoms with Crippen LogP contribution in [0.25, 0.3) is 17.0 Å². The Kier molecular flexibility index (Phi) is 7.79. The summed E-state index contributed by atoms with van der Waals surface area (Å²) in [5, 5.41) is 4.31. The van der Waals surface area contributed by atoms with Crippen LogP contribution in [0.4, 0.5) is 5.69 Å². The fourth-order valence-electron chi connectivity index (χ4n) is 5.03. The lowest BCUT2D eigenvalue weighted by atomic mass is 9.91. The van der Waals surface area contributed by atoms with Gasteiger partial charge in [0.05, 0.1) is 6.61 Å². The monoisotopic (exact) mass is 541 g/mol. The van der Waals surface area contributed by atoms with Crippen molar-refractivity contribution in [1.82, 2.24) is 9.88 Å². The summed E-state index contributed by atoms with van der Waals surface area (Å²) >= 11 is 6.25. The zero-order valence-corrected chi connectivity index (χ0v) is 22.2. The maximum Gasteiger partial charge on any atom is 0.354 e. The number of nitrogens with one attached hydrogen (secondary N) is 2. The summed E-state index contributed by atoms with van der Waals surface area (Å²) in [5.74, 6) is -1.12. The second-order valence-corrected chi connectivity index (χ2v) is 9.74. The molecule has 2 amide bonds.